The van der Waals surface area contributed by atoms with Gasteiger partial charge in [-0.25, -0.2) is 0 Å². The Labute approximate surface area is 143 Å². The van der Waals surface area contributed by atoms with Gasteiger partial charge in [-0.3, -0.25) is 10.00 Å². The molecule has 1 aliphatic heterocycles. The molecule has 2 aromatic rings. The van der Waals surface area contributed by atoms with Crippen molar-refractivity contribution < 1.29 is 0 Å². The van der Waals surface area contributed by atoms with E-state index in [1.165, 1.54) is 54.1 Å². The average molecular weight is 330 g/mol. The van der Waals surface area contributed by atoms with E-state index < -0.39 is 0 Å². The zero-order valence-electron chi connectivity index (χ0n) is 14.4. The van der Waals surface area contributed by atoms with E-state index in [4.69, 9.17) is 0 Å². The van der Waals surface area contributed by atoms with Crippen LogP contribution in [-0.4, -0.2) is 46.2 Å². The number of hydrogen-bond donors (Lipinski definition) is 1. The summed E-state index contributed by atoms with van der Waals surface area (Å²) < 4.78 is 0. The molecule has 1 aliphatic rings. The largest absolute Gasteiger partial charge is 0.300 e. The minimum Gasteiger partial charge on any atom is -0.300 e. The van der Waals surface area contributed by atoms with Crippen molar-refractivity contribution in [1.82, 2.24) is 15.1 Å². The van der Waals surface area contributed by atoms with Gasteiger partial charge in [-0.05, 0) is 57.2 Å². The highest BCUT2D eigenvalue weighted by Crippen LogP contribution is 2.35. The molecule has 1 N–H and O–H groups in total. The van der Waals surface area contributed by atoms with Gasteiger partial charge < -0.3 is 0 Å². The van der Waals surface area contributed by atoms with Crippen LogP contribution in [0.2, 0.25) is 0 Å². The lowest BCUT2D eigenvalue weighted by atomic mass is 9.88. The molecule has 4 heteroatoms. The van der Waals surface area contributed by atoms with E-state index in [1.807, 2.05) is 18.0 Å². The van der Waals surface area contributed by atoms with Crippen molar-refractivity contribution in [3.05, 3.63) is 41.7 Å². The molecule has 3 rings (SSSR count). The SMILES string of the molecule is CSC[C@H](C)N1CCC(c2[nH]ncc2-c2ccccc2C)CC1. The highest BCUT2D eigenvalue weighted by molar-refractivity contribution is 7.98. The van der Waals surface area contributed by atoms with E-state index in [0.717, 1.165) is 0 Å². The Bertz CT molecular complexity index is 629. The third-order valence-corrected chi connectivity index (χ3v) is 5.89. The number of aromatic nitrogens is 2. The minimum absolute atomic E-state index is 0.602. The van der Waals surface area contributed by atoms with Crippen LogP contribution in [0, 0.1) is 6.92 Å². The summed E-state index contributed by atoms with van der Waals surface area (Å²) in [6, 6.07) is 9.29. The molecule has 3 nitrogen and oxygen atoms in total. The Balaban J connectivity index is 1.73. The second-order valence-corrected chi connectivity index (χ2v) is 7.54. The summed E-state index contributed by atoms with van der Waals surface area (Å²) in [6.45, 7) is 6.92. The number of H-pyrrole nitrogens is 1. The number of likely N-dealkylation sites (tertiary alicyclic amines) is 1. The minimum atomic E-state index is 0.602. The van der Waals surface area contributed by atoms with E-state index in [0.29, 0.717) is 12.0 Å². The van der Waals surface area contributed by atoms with Crippen molar-refractivity contribution in [1.29, 1.82) is 0 Å². The molecule has 0 amide bonds. The Morgan fingerprint density at radius 1 is 1.26 bits per heavy atom. The van der Waals surface area contributed by atoms with Gasteiger partial charge in [-0.15, -0.1) is 0 Å². The zero-order chi connectivity index (χ0) is 16.2. The first-order valence-corrected chi connectivity index (χ1v) is 9.92. The van der Waals surface area contributed by atoms with Crippen LogP contribution in [0.5, 0.6) is 0 Å². The van der Waals surface area contributed by atoms with Crippen LogP contribution < -0.4 is 0 Å². The molecule has 0 bridgehead atoms. The number of thioether (sulfide) groups is 1. The maximum Gasteiger partial charge on any atom is 0.0568 e. The number of rotatable bonds is 5. The van der Waals surface area contributed by atoms with Crippen LogP contribution in [0.3, 0.4) is 0 Å². The van der Waals surface area contributed by atoms with E-state index in [-0.39, 0.29) is 0 Å². The van der Waals surface area contributed by atoms with E-state index >= 15 is 0 Å². The molecular formula is C19H27N3S. The Hall–Kier alpha value is -1.26. The van der Waals surface area contributed by atoms with Crippen molar-refractivity contribution in [2.24, 2.45) is 0 Å². The number of nitrogens with one attached hydrogen (secondary N) is 1. The first kappa shape index (κ1) is 16.6. The van der Waals surface area contributed by atoms with Crippen molar-refractivity contribution in [2.75, 3.05) is 25.1 Å². The molecule has 2 heterocycles. The van der Waals surface area contributed by atoms with Crippen LogP contribution >= 0.6 is 11.8 Å². The lowest BCUT2D eigenvalue weighted by molar-refractivity contribution is 0.173. The molecule has 1 aromatic carbocycles. The van der Waals surface area contributed by atoms with Gasteiger partial charge in [0.1, 0.15) is 0 Å². The van der Waals surface area contributed by atoms with Gasteiger partial charge in [0.05, 0.1) is 6.20 Å². The smallest absolute Gasteiger partial charge is 0.0568 e. The Morgan fingerprint density at radius 2 is 2.00 bits per heavy atom. The number of nitrogens with zero attached hydrogens (tertiary/aromatic N) is 2. The van der Waals surface area contributed by atoms with Crippen LogP contribution in [0.15, 0.2) is 30.5 Å². The number of piperidine rings is 1. The van der Waals surface area contributed by atoms with Crippen molar-refractivity contribution in [2.45, 2.75) is 38.6 Å². The lowest BCUT2D eigenvalue weighted by Gasteiger charge is -2.35. The Morgan fingerprint density at radius 3 is 2.70 bits per heavy atom. The van der Waals surface area contributed by atoms with Crippen LogP contribution in [0.25, 0.3) is 11.1 Å². The van der Waals surface area contributed by atoms with Crippen LogP contribution in [0.1, 0.15) is 36.9 Å². The fraction of sp³-hybridized carbons (Fsp3) is 0.526. The molecule has 0 saturated carbocycles. The molecule has 1 fully saturated rings. The Kier molecular flexibility index (Phi) is 5.44. The summed E-state index contributed by atoms with van der Waals surface area (Å²) in [5, 5.41) is 7.65. The first-order chi connectivity index (χ1) is 11.2. The van der Waals surface area contributed by atoms with Gasteiger partial charge in [0.25, 0.3) is 0 Å². The molecule has 0 aliphatic carbocycles. The second-order valence-electron chi connectivity index (χ2n) is 6.63. The summed E-state index contributed by atoms with van der Waals surface area (Å²) in [5.74, 6) is 1.83. The predicted molar refractivity (Wildman–Crippen MR) is 100 cm³/mol. The van der Waals surface area contributed by atoms with Crippen LogP contribution in [0.4, 0.5) is 0 Å². The molecule has 0 spiro atoms. The maximum absolute atomic E-state index is 4.36. The van der Waals surface area contributed by atoms with Gasteiger partial charge >= 0.3 is 0 Å². The fourth-order valence-corrected chi connectivity index (χ4v) is 4.37. The summed E-state index contributed by atoms with van der Waals surface area (Å²) >= 11 is 1.95. The number of hydrogen-bond acceptors (Lipinski definition) is 3. The topological polar surface area (TPSA) is 31.9 Å². The molecule has 1 saturated heterocycles. The standard InChI is InChI=1S/C19H27N3S/c1-14-6-4-5-7-17(14)18-12-20-21-19(18)16-8-10-22(11-9-16)15(2)13-23-3/h4-7,12,15-16H,8-11,13H2,1-3H3,(H,20,21)/t15-/m0/s1. The van der Waals surface area contributed by atoms with Crippen molar-refractivity contribution in [3.63, 3.8) is 0 Å². The second kappa shape index (κ2) is 7.54. The summed E-state index contributed by atoms with van der Waals surface area (Å²) in [7, 11) is 0. The van der Waals surface area contributed by atoms with Gasteiger partial charge in [0.15, 0.2) is 0 Å². The molecule has 124 valence electrons. The normalized spacial score (nSPS) is 18.2. The van der Waals surface area contributed by atoms with Gasteiger partial charge in [0, 0.05) is 29.0 Å². The van der Waals surface area contributed by atoms with E-state index in [2.05, 4.69) is 59.5 Å². The predicted octanol–water partition coefficient (Wildman–Crippen LogP) is 4.32. The molecular weight excluding hydrogens is 302 g/mol. The molecule has 1 atom stereocenters. The molecule has 0 radical (unpaired) electrons. The maximum atomic E-state index is 4.36. The first-order valence-electron chi connectivity index (χ1n) is 8.53. The third-order valence-electron chi connectivity index (χ3n) is 5.07. The monoisotopic (exact) mass is 329 g/mol. The number of aryl methyl sites for hydroxylation is 1. The van der Waals surface area contributed by atoms with Gasteiger partial charge in [0.2, 0.25) is 0 Å². The number of benzene rings is 1. The average Bonchev–Trinajstić information content (AvgIpc) is 3.05. The molecule has 23 heavy (non-hydrogen) atoms. The summed E-state index contributed by atoms with van der Waals surface area (Å²) in [4.78, 5) is 2.64. The lowest BCUT2D eigenvalue weighted by Crippen LogP contribution is -2.40. The fourth-order valence-electron chi connectivity index (χ4n) is 3.67. The number of aromatic amines is 1. The van der Waals surface area contributed by atoms with Gasteiger partial charge in [-0.2, -0.15) is 16.9 Å². The third kappa shape index (κ3) is 3.64. The highest BCUT2D eigenvalue weighted by Gasteiger charge is 2.26. The van der Waals surface area contributed by atoms with E-state index in [9.17, 15) is 0 Å². The van der Waals surface area contributed by atoms with Crippen molar-refractivity contribution in [3.8, 4) is 11.1 Å². The highest BCUT2D eigenvalue weighted by atomic mass is 32.2. The summed E-state index contributed by atoms with van der Waals surface area (Å²) in [6.07, 6.45) is 6.64. The molecule has 0 unspecified atom stereocenters. The summed E-state index contributed by atoms with van der Waals surface area (Å²) in [5.41, 5.74) is 5.26. The zero-order valence-corrected chi connectivity index (χ0v) is 15.2. The van der Waals surface area contributed by atoms with Gasteiger partial charge in [-0.1, -0.05) is 24.3 Å². The van der Waals surface area contributed by atoms with Crippen molar-refractivity contribution >= 4 is 11.8 Å². The quantitative estimate of drug-likeness (QED) is 0.887. The van der Waals surface area contributed by atoms with Crippen LogP contribution in [-0.2, 0) is 0 Å². The molecule has 1 aromatic heterocycles. The van der Waals surface area contributed by atoms with E-state index in [1.54, 1.807) is 0 Å².